The van der Waals surface area contributed by atoms with Crippen LogP contribution in [0, 0.1) is 0 Å². The monoisotopic (exact) mass is 324 g/mol. The van der Waals surface area contributed by atoms with Crippen molar-refractivity contribution in [2.24, 2.45) is 0 Å². The number of nitrogens with zero attached hydrogens (tertiary/aromatic N) is 3. The third-order valence-corrected chi connectivity index (χ3v) is 3.43. The first kappa shape index (κ1) is 15.5. The summed E-state index contributed by atoms with van der Waals surface area (Å²) >= 11 is 0. The van der Waals surface area contributed by atoms with Gasteiger partial charge in [-0.1, -0.05) is 0 Å². The highest BCUT2D eigenvalue weighted by molar-refractivity contribution is 6.05. The fourth-order valence-electron chi connectivity index (χ4n) is 2.17. The van der Waals surface area contributed by atoms with Gasteiger partial charge in [-0.15, -0.1) is 0 Å². The second kappa shape index (κ2) is 6.82. The molecule has 0 bridgehead atoms. The molecule has 7 nitrogen and oxygen atoms in total. The lowest BCUT2D eigenvalue weighted by atomic mass is 10.2. The molecule has 0 saturated carbocycles. The Morgan fingerprint density at radius 2 is 2.04 bits per heavy atom. The summed E-state index contributed by atoms with van der Waals surface area (Å²) in [5.41, 5.74) is 0.962. The van der Waals surface area contributed by atoms with Crippen LogP contribution in [0.1, 0.15) is 10.4 Å². The van der Waals surface area contributed by atoms with E-state index in [0.29, 0.717) is 28.6 Å². The van der Waals surface area contributed by atoms with Crippen molar-refractivity contribution in [3.05, 3.63) is 60.8 Å². The molecule has 1 aromatic carbocycles. The summed E-state index contributed by atoms with van der Waals surface area (Å²) < 4.78 is 12.2. The maximum Gasteiger partial charge on any atom is 0.257 e. The Bertz CT molecular complexity index is 830. The van der Waals surface area contributed by atoms with Gasteiger partial charge in [-0.05, 0) is 24.3 Å². The number of anilines is 1. The summed E-state index contributed by atoms with van der Waals surface area (Å²) in [6, 6.07) is 8.64. The Morgan fingerprint density at radius 3 is 2.67 bits per heavy atom. The van der Waals surface area contributed by atoms with Crippen LogP contribution in [0.5, 0.6) is 11.5 Å². The Morgan fingerprint density at radius 1 is 1.17 bits per heavy atom. The number of carbonyl (C=O) groups is 1. The van der Waals surface area contributed by atoms with E-state index in [-0.39, 0.29) is 5.91 Å². The van der Waals surface area contributed by atoms with E-state index in [0.717, 1.165) is 0 Å². The van der Waals surface area contributed by atoms with Gasteiger partial charge in [0.05, 0.1) is 25.5 Å². The van der Waals surface area contributed by atoms with Gasteiger partial charge >= 0.3 is 0 Å². The lowest BCUT2D eigenvalue weighted by molar-refractivity contribution is 0.102. The predicted molar refractivity (Wildman–Crippen MR) is 88.9 cm³/mol. The molecule has 3 aromatic rings. The van der Waals surface area contributed by atoms with E-state index in [9.17, 15) is 4.79 Å². The molecular formula is C17H16N4O3. The van der Waals surface area contributed by atoms with E-state index in [2.05, 4.69) is 15.3 Å². The number of nitrogens with one attached hydrogen (secondary N) is 1. The third-order valence-electron chi connectivity index (χ3n) is 3.43. The van der Waals surface area contributed by atoms with Crippen molar-refractivity contribution in [2.45, 2.75) is 0 Å². The molecular weight excluding hydrogens is 308 g/mol. The standard InChI is InChI=1S/C17H16N4O3/c1-23-13-4-5-15(24-2)14(9-13)20-17(22)12-3-6-16(19-10-12)21-8-7-18-11-21/h3-11H,1-2H3,(H,20,22). The SMILES string of the molecule is COc1ccc(OC)c(NC(=O)c2ccc(-n3ccnc3)nc2)c1. The molecule has 2 aromatic heterocycles. The molecule has 1 N–H and O–H groups in total. The summed E-state index contributed by atoms with van der Waals surface area (Å²) in [5, 5.41) is 2.80. The van der Waals surface area contributed by atoms with Crippen LogP contribution in [0.2, 0.25) is 0 Å². The van der Waals surface area contributed by atoms with E-state index in [1.807, 2.05) is 0 Å². The molecule has 2 heterocycles. The highest BCUT2D eigenvalue weighted by Gasteiger charge is 2.11. The Kier molecular flexibility index (Phi) is 4.42. The summed E-state index contributed by atoms with van der Waals surface area (Å²) in [6.45, 7) is 0. The number of amides is 1. The third kappa shape index (κ3) is 3.19. The number of benzene rings is 1. The molecule has 0 saturated heterocycles. The van der Waals surface area contributed by atoms with Crippen LogP contribution < -0.4 is 14.8 Å². The van der Waals surface area contributed by atoms with Gasteiger partial charge in [0.2, 0.25) is 0 Å². The Balaban J connectivity index is 1.80. The van der Waals surface area contributed by atoms with Crippen LogP contribution in [0.3, 0.4) is 0 Å². The highest BCUT2D eigenvalue weighted by atomic mass is 16.5. The molecule has 122 valence electrons. The van der Waals surface area contributed by atoms with E-state index in [1.165, 1.54) is 6.20 Å². The first-order valence-electron chi connectivity index (χ1n) is 7.19. The number of pyridine rings is 1. The maximum atomic E-state index is 12.4. The number of ether oxygens (including phenoxy) is 2. The van der Waals surface area contributed by atoms with Crippen molar-refractivity contribution in [2.75, 3.05) is 19.5 Å². The largest absolute Gasteiger partial charge is 0.497 e. The minimum absolute atomic E-state index is 0.286. The van der Waals surface area contributed by atoms with Crippen LogP contribution in [-0.2, 0) is 0 Å². The molecule has 0 fully saturated rings. The van der Waals surface area contributed by atoms with Gasteiger partial charge in [-0.2, -0.15) is 0 Å². The molecule has 1 amide bonds. The zero-order chi connectivity index (χ0) is 16.9. The van der Waals surface area contributed by atoms with Crippen molar-refractivity contribution in [3.63, 3.8) is 0 Å². The minimum Gasteiger partial charge on any atom is -0.497 e. The molecule has 0 aliphatic rings. The molecule has 24 heavy (non-hydrogen) atoms. The fourth-order valence-corrected chi connectivity index (χ4v) is 2.17. The second-order valence-electron chi connectivity index (χ2n) is 4.90. The smallest absolute Gasteiger partial charge is 0.257 e. The highest BCUT2D eigenvalue weighted by Crippen LogP contribution is 2.29. The molecule has 0 aliphatic heterocycles. The number of aromatic nitrogens is 3. The fraction of sp³-hybridized carbons (Fsp3) is 0.118. The van der Waals surface area contributed by atoms with Gasteiger partial charge in [0.1, 0.15) is 23.6 Å². The number of imidazole rings is 1. The maximum absolute atomic E-state index is 12.4. The van der Waals surface area contributed by atoms with Crippen LogP contribution in [0.15, 0.2) is 55.2 Å². The van der Waals surface area contributed by atoms with E-state index < -0.39 is 0 Å². The van der Waals surface area contributed by atoms with Crippen molar-refractivity contribution in [3.8, 4) is 17.3 Å². The molecule has 0 unspecified atom stereocenters. The van der Waals surface area contributed by atoms with Gasteiger partial charge in [0, 0.05) is 24.7 Å². The number of hydrogen-bond donors (Lipinski definition) is 1. The molecule has 3 rings (SSSR count). The van der Waals surface area contributed by atoms with Crippen LogP contribution in [0.4, 0.5) is 5.69 Å². The predicted octanol–water partition coefficient (Wildman–Crippen LogP) is 2.54. The van der Waals surface area contributed by atoms with Gasteiger partial charge in [-0.3, -0.25) is 9.36 Å². The average molecular weight is 324 g/mol. The number of methoxy groups -OCH3 is 2. The van der Waals surface area contributed by atoms with Gasteiger partial charge < -0.3 is 14.8 Å². The first-order valence-corrected chi connectivity index (χ1v) is 7.19. The normalized spacial score (nSPS) is 10.2. The van der Waals surface area contributed by atoms with E-state index in [4.69, 9.17) is 9.47 Å². The lowest BCUT2D eigenvalue weighted by Crippen LogP contribution is -2.13. The summed E-state index contributed by atoms with van der Waals surface area (Å²) in [6.07, 6.45) is 6.60. The topological polar surface area (TPSA) is 78.3 Å². The van der Waals surface area contributed by atoms with Crippen molar-refractivity contribution < 1.29 is 14.3 Å². The van der Waals surface area contributed by atoms with E-state index in [1.54, 1.807) is 67.8 Å². The Hall–Kier alpha value is -3.35. The summed E-state index contributed by atoms with van der Waals surface area (Å²) in [7, 11) is 3.10. The molecule has 0 spiro atoms. The van der Waals surface area contributed by atoms with Crippen LogP contribution >= 0.6 is 0 Å². The molecule has 7 heteroatoms. The van der Waals surface area contributed by atoms with Crippen molar-refractivity contribution in [1.29, 1.82) is 0 Å². The first-order chi connectivity index (χ1) is 11.7. The average Bonchev–Trinajstić information content (AvgIpc) is 3.16. The van der Waals surface area contributed by atoms with Crippen molar-refractivity contribution in [1.82, 2.24) is 14.5 Å². The van der Waals surface area contributed by atoms with Gasteiger partial charge in [0.15, 0.2) is 0 Å². The van der Waals surface area contributed by atoms with Gasteiger partial charge in [0.25, 0.3) is 5.91 Å². The van der Waals surface area contributed by atoms with Crippen molar-refractivity contribution >= 4 is 11.6 Å². The quantitative estimate of drug-likeness (QED) is 0.780. The zero-order valence-corrected chi connectivity index (χ0v) is 13.3. The summed E-state index contributed by atoms with van der Waals surface area (Å²) in [4.78, 5) is 20.6. The van der Waals surface area contributed by atoms with Gasteiger partial charge in [-0.25, -0.2) is 9.97 Å². The molecule has 0 aliphatic carbocycles. The number of hydrogen-bond acceptors (Lipinski definition) is 5. The Labute approximate surface area is 138 Å². The molecule has 0 atom stereocenters. The second-order valence-corrected chi connectivity index (χ2v) is 4.90. The van der Waals surface area contributed by atoms with Crippen LogP contribution in [0.25, 0.3) is 5.82 Å². The zero-order valence-electron chi connectivity index (χ0n) is 13.3. The summed E-state index contributed by atoms with van der Waals surface area (Å²) in [5.74, 6) is 1.57. The molecule has 0 radical (unpaired) electrons. The van der Waals surface area contributed by atoms with E-state index >= 15 is 0 Å². The lowest BCUT2D eigenvalue weighted by Gasteiger charge is -2.12. The van der Waals surface area contributed by atoms with Crippen LogP contribution in [-0.4, -0.2) is 34.7 Å². The number of rotatable bonds is 5. The number of carbonyl (C=O) groups excluding carboxylic acids is 1. The minimum atomic E-state index is -0.286.